The summed E-state index contributed by atoms with van der Waals surface area (Å²) in [5, 5.41) is 27.1. The number of methoxy groups -OCH3 is 1. The van der Waals surface area contributed by atoms with Gasteiger partial charge in [0.1, 0.15) is 17.4 Å². The van der Waals surface area contributed by atoms with Crippen molar-refractivity contribution in [2.75, 3.05) is 25.1 Å². The number of nitrogens with zero attached hydrogens (tertiary/aromatic N) is 5. The smallest absolute Gasteiger partial charge is 0.233 e. The zero-order chi connectivity index (χ0) is 25.8. The van der Waals surface area contributed by atoms with Gasteiger partial charge < -0.3 is 14.7 Å². The Morgan fingerprint density at radius 1 is 1.00 bits per heavy atom. The van der Waals surface area contributed by atoms with Crippen LogP contribution in [0.4, 0.5) is 14.5 Å². The summed E-state index contributed by atoms with van der Waals surface area (Å²) >= 11 is 6.28. The molecule has 2 heterocycles. The van der Waals surface area contributed by atoms with Crippen LogP contribution >= 0.6 is 11.6 Å². The molecule has 1 unspecified atom stereocenters. The van der Waals surface area contributed by atoms with Crippen molar-refractivity contribution in [1.82, 2.24) is 20.4 Å². The molecule has 0 saturated carbocycles. The molecular weight excluding hydrogens is 488 g/mol. The first kappa shape index (κ1) is 25.7. The lowest BCUT2D eigenvalue weighted by Crippen LogP contribution is -2.26. The first-order valence-electron chi connectivity index (χ1n) is 11.6. The highest BCUT2D eigenvalue weighted by atomic mass is 35.5. The standard InChI is InChI=1S/C26H26ClF2N5O2/c1-4-10-34(11-5-2)22-8-6-15-18(14-30-33-25(15)24(22)29)16-12-17(19(27)13-20(16)28)26(35)21-7-9-23(36-3)32-31-21/h6-9,12-14,26,35H,4-5,10-11H2,1-3H3. The number of hydrogen-bond acceptors (Lipinski definition) is 7. The molecule has 4 rings (SSSR count). The van der Waals surface area contributed by atoms with Crippen LogP contribution in [-0.2, 0) is 0 Å². The topological polar surface area (TPSA) is 84.3 Å². The highest BCUT2D eigenvalue weighted by Crippen LogP contribution is 2.37. The average molecular weight is 514 g/mol. The van der Waals surface area contributed by atoms with E-state index in [0.717, 1.165) is 18.9 Å². The number of halogens is 3. The molecule has 4 aromatic rings. The number of aliphatic hydroxyl groups excluding tert-OH is 1. The number of aromatic nitrogens is 4. The van der Waals surface area contributed by atoms with Crippen molar-refractivity contribution in [3.63, 3.8) is 0 Å². The van der Waals surface area contributed by atoms with Crippen LogP contribution in [0.15, 0.2) is 42.6 Å². The van der Waals surface area contributed by atoms with Crippen molar-refractivity contribution in [2.45, 2.75) is 32.8 Å². The van der Waals surface area contributed by atoms with Crippen LogP contribution in [0.25, 0.3) is 22.0 Å². The van der Waals surface area contributed by atoms with Gasteiger partial charge in [-0.3, -0.25) is 0 Å². The normalized spacial score (nSPS) is 12.1. The van der Waals surface area contributed by atoms with E-state index in [1.807, 2.05) is 18.7 Å². The van der Waals surface area contributed by atoms with Crippen LogP contribution in [0, 0.1) is 11.6 Å². The lowest BCUT2D eigenvalue weighted by atomic mass is 9.97. The Morgan fingerprint density at radius 3 is 2.39 bits per heavy atom. The molecule has 10 heteroatoms. The number of benzene rings is 2. The number of fused-ring (bicyclic) bond motifs is 1. The Morgan fingerprint density at radius 2 is 1.75 bits per heavy atom. The van der Waals surface area contributed by atoms with E-state index in [1.54, 1.807) is 18.2 Å². The molecule has 7 nitrogen and oxygen atoms in total. The number of hydrogen-bond donors (Lipinski definition) is 1. The molecule has 0 fully saturated rings. The summed E-state index contributed by atoms with van der Waals surface area (Å²) in [7, 11) is 1.45. The molecule has 0 aliphatic carbocycles. The van der Waals surface area contributed by atoms with Crippen molar-refractivity contribution < 1.29 is 18.6 Å². The molecule has 1 N–H and O–H groups in total. The predicted molar refractivity (Wildman–Crippen MR) is 135 cm³/mol. The Kier molecular flexibility index (Phi) is 7.91. The van der Waals surface area contributed by atoms with Crippen molar-refractivity contribution >= 4 is 28.2 Å². The molecule has 0 radical (unpaired) electrons. The van der Waals surface area contributed by atoms with Crippen molar-refractivity contribution in [3.05, 3.63) is 70.5 Å². The van der Waals surface area contributed by atoms with Crippen molar-refractivity contribution in [3.8, 4) is 17.0 Å². The van der Waals surface area contributed by atoms with Crippen molar-refractivity contribution in [2.24, 2.45) is 0 Å². The van der Waals surface area contributed by atoms with Gasteiger partial charge in [0.25, 0.3) is 0 Å². The van der Waals surface area contributed by atoms with Crippen molar-refractivity contribution in [1.29, 1.82) is 0 Å². The van der Waals surface area contributed by atoms with E-state index in [1.165, 1.54) is 25.4 Å². The summed E-state index contributed by atoms with van der Waals surface area (Å²) in [6.45, 7) is 5.47. The summed E-state index contributed by atoms with van der Waals surface area (Å²) in [6.07, 6.45) is 1.81. The Hall–Kier alpha value is -3.43. The molecule has 188 valence electrons. The molecule has 2 aromatic heterocycles. The molecule has 0 amide bonds. The number of rotatable bonds is 9. The van der Waals surface area contributed by atoms with Crippen LogP contribution in [0.2, 0.25) is 5.02 Å². The molecule has 2 aromatic carbocycles. The molecule has 0 spiro atoms. The third-order valence-corrected chi connectivity index (χ3v) is 6.21. The molecule has 36 heavy (non-hydrogen) atoms. The highest BCUT2D eigenvalue weighted by Gasteiger charge is 2.22. The summed E-state index contributed by atoms with van der Waals surface area (Å²) in [5.74, 6) is -0.870. The second-order valence-electron chi connectivity index (χ2n) is 8.30. The van der Waals surface area contributed by atoms with Gasteiger partial charge in [-0.15, -0.1) is 15.3 Å². The van der Waals surface area contributed by atoms with E-state index in [-0.39, 0.29) is 33.2 Å². The third-order valence-electron chi connectivity index (χ3n) is 5.88. The van der Waals surface area contributed by atoms with E-state index in [2.05, 4.69) is 20.4 Å². The maximum absolute atomic E-state index is 15.6. The minimum Gasteiger partial charge on any atom is -0.480 e. The molecule has 0 saturated heterocycles. The van der Waals surface area contributed by atoms with Gasteiger partial charge in [0.2, 0.25) is 5.88 Å². The monoisotopic (exact) mass is 513 g/mol. The van der Waals surface area contributed by atoms with Gasteiger partial charge in [-0.05, 0) is 43.2 Å². The van der Waals surface area contributed by atoms with Crippen LogP contribution in [0.3, 0.4) is 0 Å². The van der Waals surface area contributed by atoms with Gasteiger partial charge in [0.05, 0.1) is 24.7 Å². The van der Waals surface area contributed by atoms with E-state index in [0.29, 0.717) is 29.7 Å². The summed E-state index contributed by atoms with van der Waals surface area (Å²) in [5.41, 5.74) is 1.32. The first-order chi connectivity index (χ1) is 17.4. The van der Waals surface area contributed by atoms with Crippen LogP contribution < -0.4 is 9.64 Å². The first-order valence-corrected chi connectivity index (χ1v) is 12.0. The molecular formula is C26H26ClF2N5O2. The minimum absolute atomic E-state index is 0.0101. The Bertz CT molecular complexity index is 1370. The summed E-state index contributed by atoms with van der Waals surface area (Å²) < 4.78 is 35.7. The quantitative estimate of drug-likeness (QED) is 0.305. The maximum atomic E-state index is 15.6. The fraction of sp³-hybridized carbons (Fsp3) is 0.308. The fourth-order valence-electron chi connectivity index (χ4n) is 4.16. The van der Waals surface area contributed by atoms with Crippen LogP contribution in [0.1, 0.15) is 44.1 Å². The van der Waals surface area contributed by atoms with E-state index < -0.39 is 17.7 Å². The number of anilines is 1. The maximum Gasteiger partial charge on any atom is 0.233 e. The van der Waals surface area contributed by atoms with E-state index >= 15 is 8.78 Å². The highest BCUT2D eigenvalue weighted by molar-refractivity contribution is 6.31. The largest absolute Gasteiger partial charge is 0.480 e. The van der Waals surface area contributed by atoms with Gasteiger partial charge in [-0.25, -0.2) is 8.78 Å². The predicted octanol–water partition coefficient (Wildman–Crippen LogP) is 5.74. The minimum atomic E-state index is -1.28. The molecule has 0 aliphatic heterocycles. The van der Waals surface area contributed by atoms with Gasteiger partial charge in [0.15, 0.2) is 5.82 Å². The number of aliphatic hydroxyl groups is 1. The van der Waals surface area contributed by atoms with E-state index in [4.69, 9.17) is 16.3 Å². The zero-order valence-corrected chi connectivity index (χ0v) is 20.9. The summed E-state index contributed by atoms with van der Waals surface area (Å²) in [4.78, 5) is 1.97. The summed E-state index contributed by atoms with van der Waals surface area (Å²) in [6, 6.07) is 9.00. The second-order valence-corrected chi connectivity index (χ2v) is 8.70. The lowest BCUT2D eigenvalue weighted by molar-refractivity contribution is 0.213. The number of ether oxygens (including phenoxy) is 1. The Balaban J connectivity index is 1.82. The third kappa shape index (κ3) is 4.94. The molecule has 0 aliphatic rings. The van der Waals surface area contributed by atoms with Gasteiger partial charge in [-0.1, -0.05) is 25.4 Å². The molecule has 1 atom stereocenters. The SMILES string of the molecule is CCCN(CCC)c1ccc2c(-c3cc(C(O)c4ccc(OC)nn4)c(Cl)cc3F)cnnc2c1F. The van der Waals surface area contributed by atoms with Gasteiger partial charge in [-0.2, -0.15) is 5.10 Å². The van der Waals surface area contributed by atoms with Crippen LogP contribution in [0.5, 0.6) is 5.88 Å². The fourth-order valence-corrected chi connectivity index (χ4v) is 4.41. The van der Waals surface area contributed by atoms with Crippen LogP contribution in [-0.4, -0.2) is 45.7 Å². The van der Waals surface area contributed by atoms with Gasteiger partial charge in [0, 0.05) is 46.3 Å². The molecule has 0 bridgehead atoms. The van der Waals surface area contributed by atoms with Gasteiger partial charge >= 0.3 is 0 Å². The average Bonchev–Trinajstić information content (AvgIpc) is 2.88. The second kappa shape index (κ2) is 11.1. The van der Waals surface area contributed by atoms with E-state index in [9.17, 15) is 5.11 Å². The lowest BCUT2D eigenvalue weighted by Gasteiger charge is -2.24. The zero-order valence-electron chi connectivity index (χ0n) is 20.2. The Labute approximate surface area is 212 Å².